The predicted molar refractivity (Wildman–Crippen MR) is 93.1 cm³/mol. The molecule has 136 valence electrons. The predicted octanol–water partition coefficient (Wildman–Crippen LogP) is 2.12. The lowest BCUT2D eigenvalue weighted by Crippen LogP contribution is -2.34. The number of carboxylic acids is 1. The summed E-state index contributed by atoms with van der Waals surface area (Å²) in [4.78, 5) is 13.0. The van der Waals surface area contributed by atoms with Gasteiger partial charge in [-0.3, -0.25) is 4.90 Å². The quantitative estimate of drug-likeness (QED) is 0.742. The van der Waals surface area contributed by atoms with Gasteiger partial charge in [-0.05, 0) is 50.3 Å². The molecule has 2 rings (SSSR count). The summed E-state index contributed by atoms with van der Waals surface area (Å²) >= 11 is 0. The maximum atomic E-state index is 12.7. The largest absolute Gasteiger partial charge is 0.478 e. The number of rotatable bonds is 8. The average Bonchev–Trinajstić information content (AvgIpc) is 3.08. The maximum absolute atomic E-state index is 12.7. The van der Waals surface area contributed by atoms with Crippen LogP contribution in [0.2, 0.25) is 0 Å². The Balaban J connectivity index is 2.29. The van der Waals surface area contributed by atoms with E-state index in [9.17, 15) is 13.2 Å². The molecule has 1 aromatic carbocycles. The van der Waals surface area contributed by atoms with Crippen LogP contribution in [0.25, 0.3) is 0 Å². The SMILES string of the molecule is CCc1ccc(C(=O)O)cc1S(=O)(=O)NCC(c1ccco1)N(C)C. The monoisotopic (exact) mass is 366 g/mol. The summed E-state index contributed by atoms with van der Waals surface area (Å²) in [5.74, 6) is -0.524. The van der Waals surface area contributed by atoms with Gasteiger partial charge in [0.2, 0.25) is 10.0 Å². The number of nitrogens with zero attached hydrogens (tertiary/aromatic N) is 1. The lowest BCUT2D eigenvalue weighted by atomic mass is 10.1. The highest BCUT2D eigenvalue weighted by Crippen LogP contribution is 2.21. The Kier molecular flexibility index (Phi) is 5.99. The van der Waals surface area contributed by atoms with Crippen LogP contribution in [0.5, 0.6) is 0 Å². The Bertz CT molecular complexity index is 829. The summed E-state index contributed by atoms with van der Waals surface area (Å²) in [6.07, 6.45) is 2.01. The third kappa shape index (κ3) is 4.47. The van der Waals surface area contributed by atoms with Crippen LogP contribution in [0.4, 0.5) is 0 Å². The van der Waals surface area contributed by atoms with E-state index in [1.165, 1.54) is 24.5 Å². The van der Waals surface area contributed by atoms with Gasteiger partial charge in [-0.25, -0.2) is 17.9 Å². The molecule has 25 heavy (non-hydrogen) atoms. The molecular weight excluding hydrogens is 344 g/mol. The smallest absolute Gasteiger partial charge is 0.335 e. The highest BCUT2D eigenvalue weighted by Gasteiger charge is 2.24. The van der Waals surface area contributed by atoms with Crippen molar-refractivity contribution >= 4 is 16.0 Å². The van der Waals surface area contributed by atoms with Gasteiger partial charge in [0.25, 0.3) is 0 Å². The van der Waals surface area contributed by atoms with Crippen LogP contribution < -0.4 is 4.72 Å². The van der Waals surface area contributed by atoms with Crippen molar-refractivity contribution in [2.45, 2.75) is 24.3 Å². The Morgan fingerprint density at radius 2 is 2.04 bits per heavy atom. The number of aromatic carboxylic acids is 1. The van der Waals surface area contributed by atoms with Gasteiger partial charge in [0.15, 0.2) is 0 Å². The number of hydrogen-bond acceptors (Lipinski definition) is 5. The molecule has 1 heterocycles. The number of aryl methyl sites for hydroxylation is 1. The van der Waals surface area contributed by atoms with E-state index in [0.717, 1.165) is 0 Å². The second-order valence-electron chi connectivity index (χ2n) is 5.83. The van der Waals surface area contributed by atoms with Crippen molar-refractivity contribution < 1.29 is 22.7 Å². The topological polar surface area (TPSA) is 99.8 Å². The molecule has 0 bridgehead atoms. The van der Waals surface area contributed by atoms with Crippen molar-refractivity contribution in [1.82, 2.24) is 9.62 Å². The van der Waals surface area contributed by atoms with Crippen molar-refractivity contribution in [2.24, 2.45) is 0 Å². The van der Waals surface area contributed by atoms with E-state index in [0.29, 0.717) is 17.7 Å². The number of hydrogen-bond donors (Lipinski definition) is 2. The molecule has 0 aliphatic rings. The first-order valence-corrected chi connectivity index (χ1v) is 9.30. The van der Waals surface area contributed by atoms with Crippen LogP contribution in [0, 0.1) is 0 Å². The molecule has 0 amide bonds. The van der Waals surface area contributed by atoms with E-state index in [2.05, 4.69) is 4.72 Å². The molecule has 1 aromatic heterocycles. The van der Waals surface area contributed by atoms with Crippen LogP contribution in [-0.2, 0) is 16.4 Å². The molecule has 0 radical (unpaired) electrons. The van der Waals surface area contributed by atoms with Crippen LogP contribution in [-0.4, -0.2) is 45.0 Å². The summed E-state index contributed by atoms with van der Waals surface area (Å²) < 4.78 is 33.4. The van der Waals surface area contributed by atoms with Crippen LogP contribution in [0.15, 0.2) is 45.9 Å². The van der Waals surface area contributed by atoms with Crippen LogP contribution in [0.3, 0.4) is 0 Å². The fourth-order valence-electron chi connectivity index (χ4n) is 2.51. The number of carbonyl (C=O) groups is 1. The molecule has 2 N–H and O–H groups in total. The first-order valence-electron chi connectivity index (χ1n) is 7.82. The Morgan fingerprint density at radius 3 is 2.56 bits per heavy atom. The third-order valence-electron chi connectivity index (χ3n) is 3.95. The zero-order valence-electron chi connectivity index (χ0n) is 14.4. The lowest BCUT2D eigenvalue weighted by molar-refractivity contribution is 0.0696. The van der Waals surface area contributed by atoms with Gasteiger partial charge < -0.3 is 9.52 Å². The summed E-state index contributed by atoms with van der Waals surface area (Å²) in [5.41, 5.74) is 0.504. The standard InChI is InChI=1S/C17H22N2O5S/c1-4-12-7-8-13(17(20)21)10-16(12)25(22,23)18-11-14(19(2)3)15-6-5-9-24-15/h5-10,14,18H,4,11H2,1-3H3,(H,20,21). The summed E-state index contributed by atoms with van der Waals surface area (Å²) in [7, 11) is -0.214. The number of carboxylic acid groups (broad SMARTS) is 1. The maximum Gasteiger partial charge on any atom is 0.335 e. The number of nitrogens with one attached hydrogen (secondary N) is 1. The highest BCUT2D eigenvalue weighted by molar-refractivity contribution is 7.89. The Morgan fingerprint density at radius 1 is 1.32 bits per heavy atom. The van der Waals surface area contributed by atoms with Crippen LogP contribution >= 0.6 is 0 Å². The molecule has 2 aromatic rings. The molecule has 0 spiro atoms. The van der Waals surface area contributed by atoms with Gasteiger partial charge >= 0.3 is 5.97 Å². The number of sulfonamides is 1. The first-order chi connectivity index (χ1) is 11.8. The minimum absolute atomic E-state index is 0.00755. The second kappa shape index (κ2) is 7.81. The molecule has 0 aliphatic heterocycles. The van der Waals surface area contributed by atoms with Crippen LogP contribution in [0.1, 0.15) is 34.6 Å². The van der Waals surface area contributed by atoms with E-state index in [1.807, 2.05) is 25.9 Å². The number of furan rings is 1. The minimum atomic E-state index is -3.86. The first kappa shape index (κ1) is 19.2. The lowest BCUT2D eigenvalue weighted by Gasteiger charge is -2.23. The zero-order chi connectivity index (χ0) is 18.6. The van der Waals surface area contributed by atoms with Gasteiger partial charge in [-0.2, -0.15) is 0 Å². The average molecular weight is 366 g/mol. The summed E-state index contributed by atoms with van der Waals surface area (Å²) in [5, 5.41) is 9.12. The Hall–Kier alpha value is -2.16. The molecule has 0 fully saturated rings. The van der Waals surface area contributed by atoms with Crippen molar-refractivity contribution in [1.29, 1.82) is 0 Å². The zero-order valence-corrected chi connectivity index (χ0v) is 15.2. The highest BCUT2D eigenvalue weighted by atomic mass is 32.2. The molecule has 0 aliphatic carbocycles. The molecular formula is C17H22N2O5S. The van der Waals surface area contributed by atoms with E-state index < -0.39 is 16.0 Å². The van der Waals surface area contributed by atoms with E-state index >= 15 is 0 Å². The van der Waals surface area contributed by atoms with Crippen molar-refractivity contribution in [3.05, 3.63) is 53.5 Å². The summed E-state index contributed by atoms with van der Waals surface area (Å²) in [6.45, 7) is 1.92. The van der Waals surface area contributed by atoms with E-state index in [-0.39, 0.29) is 23.0 Å². The van der Waals surface area contributed by atoms with Crippen molar-refractivity contribution in [3.8, 4) is 0 Å². The third-order valence-corrected chi connectivity index (χ3v) is 5.45. The number of likely N-dealkylation sites (N-methyl/N-ethyl adjacent to an activating group) is 1. The molecule has 0 saturated heterocycles. The fraction of sp³-hybridized carbons (Fsp3) is 0.353. The number of benzene rings is 1. The molecule has 8 heteroatoms. The Labute approximate surface area is 147 Å². The molecule has 1 atom stereocenters. The van der Waals surface area contributed by atoms with Crippen molar-refractivity contribution in [2.75, 3.05) is 20.6 Å². The van der Waals surface area contributed by atoms with Gasteiger partial charge in [0.05, 0.1) is 22.8 Å². The molecule has 0 saturated carbocycles. The fourth-order valence-corrected chi connectivity index (χ4v) is 3.89. The van der Waals surface area contributed by atoms with Crippen molar-refractivity contribution in [3.63, 3.8) is 0 Å². The van der Waals surface area contributed by atoms with Gasteiger partial charge in [-0.15, -0.1) is 0 Å². The van der Waals surface area contributed by atoms with E-state index in [1.54, 1.807) is 12.1 Å². The summed E-state index contributed by atoms with van der Waals surface area (Å²) in [6, 6.07) is 7.38. The molecule has 7 nitrogen and oxygen atoms in total. The van der Waals surface area contributed by atoms with Gasteiger partial charge in [0, 0.05) is 6.54 Å². The van der Waals surface area contributed by atoms with E-state index in [4.69, 9.17) is 9.52 Å². The van der Waals surface area contributed by atoms with Gasteiger partial charge in [0.1, 0.15) is 5.76 Å². The second-order valence-corrected chi connectivity index (χ2v) is 7.56. The normalized spacial score (nSPS) is 13.1. The minimum Gasteiger partial charge on any atom is -0.478 e. The van der Waals surface area contributed by atoms with Gasteiger partial charge in [-0.1, -0.05) is 13.0 Å². The molecule has 1 unspecified atom stereocenters.